The minimum Gasteiger partial charge on any atom is -0.324 e. The van der Waals surface area contributed by atoms with Crippen molar-refractivity contribution in [1.29, 1.82) is 0 Å². The zero-order valence-electron chi connectivity index (χ0n) is 11.0. The highest BCUT2D eigenvalue weighted by Crippen LogP contribution is 2.27. The lowest BCUT2D eigenvalue weighted by molar-refractivity contribution is 0.866. The van der Waals surface area contributed by atoms with Crippen LogP contribution in [0, 0.1) is 0 Å². The van der Waals surface area contributed by atoms with Crippen LogP contribution in [0.1, 0.15) is 31.2 Å². The Morgan fingerprint density at radius 1 is 1.21 bits per heavy atom. The molecule has 0 aliphatic rings. The summed E-state index contributed by atoms with van der Waals surface area (Å²) < 4.78 is 2.04. The van der Waals surface area contributed by atoms with E-state index in [0.717, 1.165) is 16.5 Å². The number of aromatic nitrogens is 3. The Morgan fingerprint density at radius 3 is 2.58 bits per heavy atom. The molecule has 5 heteroatoms. The SMILES string of the molecule is CC(C)c1ccc(-c2csc3nnc(CN)n23)cc1. The molecule has 0 radical (unpaired) electrons. The molecule has 0 aliphatic heterocycles. The average molecular weight is 272 g/mol. The van der Waals surface area contributed by atoms with E-state index in [1.54, 1.807) is 11.3 Å². The minimum atomic E-state index is 0.398. The van der Waals surface area contributed by atoms with E-state index in [1.165, 1.54) is 11.1 Å². The summed E-state index contributed by atoms with van der Waals surface area (Å²) in [6, 6.07) is 8.65. The van der Waals surface area contributed by atoms with Crippen molar-refractivity contribution in [2.45, 2.75) is 26.3 Å². The molecule has 2 N–H and O–H groups in total. The number of nitrogens with zero attached hydrogens (tertiary/aromatic N) is 3. The predicted octanol–water partition coefficient (Wildman–Crippen LogP) is 3.04. The second-order valence-electron chi connectivity index (χ2n) is 4.84. The first-order valence-electron chi connectivity index (χ1n) is 6.32. The van der Waals surface area contributed by atoms with Gasteiger partial charge in [-0.3, -0.25) is 4.40 Å². The maximum Gasteiger partial charge on any atom is 0.216 e. The fourth-order valence-corrected chi connectivity index (χ4v) is 3.00. The molecular weight excluding hydrogens is 256 g/mol. The Morgan fingerprint density at radius 2 is 1.95 bits per heavy atom. The summed E-state index contributed by atoms with van der Waals surface area (Å²) in [6.07, 6.45) is 0. The number of benzene rings is 1. The van der Waals surface area contributed by atoms with Crippen molar-refractivity contribution in [3.63, 3.8) is 0 Å². The Labute approximate surface area is 115 Å². The third kappa shape index (κ3) is 2.05. The van der Waals surface area contributed by atoms with Crippen molar-refractivity contribution in [3.05, 3.63) is 41.0 Å². The molecule has 0 spiro atoms. The van der Waals surface area contributed by atoms with Crippen LogP contribution in [0.2, 0.25) is 0 Å². The molecule has 0 aliphatic carbocycles. The van der Waals surface area contributed by atoms with Gasteiger partial charge in [0, 0.05) is 5.38 Å². The Balaban J connectivity index is 2.10. The van der Waals surface area contributed by atoms with Crippen LogP contribution in [0.3, 0.4) is 0 Å². The summed E-state index contributed by atoms with van der Waals surface area (Å²) in [6.45, 7) is 4.79. The van der Waals surface area contributed by atoms with Gasteiger partial charge in [0.15, 0.2) is 5.82 Å². The van der Waals surface area contributed by atoms with Crippen LogP contribution in [0.25, 0.3) is 16.2 Å². The Hall–Kier alpha value is -1.72. The van der Waals surface area contributed by atoms with Crippen LogP contribution >= 0.6 is 11.3 Å². The van der Waals surface area contributed by atoms with Gasteiger partial charge in [0.25, 0.3) is 0 Å². The summed E-state index contributed by atoms with van der Waals surface area (Å²) in [7, 11) is 0. The van der Waals surface area contributed by atoms with E-state index in [-0.39, 0.29) is 0 Å². The standard InChI is InChI=1S/C14H16N4S/c1-9(2)10-3-5-11(6-4-10)12-8-19-14-17-16-13(7-15)18(12)14/h3-6,8-9H,7,15H2,1-2H3. The molecule has 0 amide bonds. The van der Waals surface area contributed by atoms with E-state index in [9.17, 15) is 0 Å². The molecule has 19 heavy (non-hydrogen) atoms. The van der Waals surface area contributed by atoms with Gasteiger partial charge in [0.1, 0.15) is 0 Å². The van der Waals surface area contributed by atoms with Crippen molar-refractivity contribution in [1.82, 2.24) is 14.6 Å². The van der Waals surface area contributed by atoms with Gasteiger partial charge in [-0.25, -0.2) is 0 Å². The second-order valence-corrected chi connectivity index (χ2v) is 5.67. The lowest BCUT2D eigenvalue weighted by Crippen LogP contribution is -2.03. The molecule has 0 fully saturated rings. The molecule has 0 unspecified atom stereocenters. The fourth-order valence-electron chi connectivity index (χ4n) is 2.15. The van der Waals surface area contributed by atoms with E-state index in [4.69, 9.17) is 5.73 Å². The van der Waals surface area contributed by atoms with Gasteiger partial charge in [-0.2, -0.15) is 0 Å². The van der Waals surface area contributed by atoms with Gasteiger partial charge < -0.3 is 5.73 Å². The van der Waals surface area contributed by atoms with Crippen LogP contribution in [0.4, 0.5) is 0 Å². The summed E-state index contributed by atoms with van der Waals surface area (Å²) in [4.78, 5) is 0.892. The highest BCUT2D eigenvalue weighted by atomic mass is 32.1. The quantitative estimate of drug-likeness (QED) is 0.797. The molecular formula is C14H16N4S. The van der Waals surface area contributed by atoms with Crippen LogP contribution < -0.4 is 5.73 Å². The fraction of sp³-hybridized carbons (Fsp3) is 0.286. The van der Waals surface area contributed by atoms with Gasteiger partial charge in [-0.05, 0) is 17.0 Å². The molecule has 3 aromatic rings. The minimum absolute atomic E-state index is 0.398. The van der Waals surface area contributed by atoms with Gasteiger partial charge in [-0.15, -0.1) is 21.5 Å². The van der Waals surface area contributed by atoms with Crippen molar-refractivity contribution >= 4 is 16.3 Å². The number of fused-ring (bicyclic) bond motifs is 1. The lowest BCUT2D eigenvalue weighted by atomic mass is 10.0. The average Bonchev–Trinajstić information content (AvgIpc) is 2.99. The maximum absolute atomic E-state index is 5.71. The van der Waals surface area contributed by atoms with E-state index in [2.05, 4.69) is 53.7 Å². The van der Waals surface area contributed by atoms with Gasteiger partial charge in [0.05, 0.1) is 12.2 Å². The molecule has 0 saturated heterocycles. The number of nitrogens with two attached hydrogens (primary N) is 1. The number of rotatable bonds is 3. The first kappa shape index (κ1) is 12.3. The van der Waals surface area contributed by atoms with Crippen LogP contribution in [-0.2, 0) is 6.54 Å². The number of thiazole rings is 1. The highest BCUT2D eigenvalue weighted by molar-refractivity contribution is 7.15. The smallest absolute Gasteiger partial charge is 0.216 e. The van der Waals surface area contributed by atoms with Gasteiger partial charge in [-0.1, -0.05) is 38.1 Å². The molecule has 2 aromatic heterocycles. The van der Waals surface area contributed by atoms with E-state index < -0.39 is 0 Å². The first-order chi connectivity index (χ1) is 9.20. The van der Waals surface area contributed by atoms with Crippen molar-refractivity contribution in [2.24, 2.45) is 5.73 Å². The normalized spacial score (nSPS) is 11.6. The van der Waals surface area contributed by atoms with Gasteiger partial charge in [0.2, 0.25) is 4.96 Å². The summed E-state index contributed by atoms with van der Waals surface area (Å²) in [5, 5.41) is 10.3. The largest absolute Gasteiger partial charge is 0.324 e. The molecule has 4 nitrogen and oxygen atoms in total. The first-order valence-corrected chi connectivity index (χ1v) is 7.20. The molecule has 0 bridgehead atoms. The Kier molecular flexibility index (Phi) is 3.08. The Bertz CT molecular complexity index is 694. The predicted molar refractivity (Wildman–Crippen MR) is 78.3 cm³/mol. The summed E-state index contributed by atoms with van der Waals surface area (Å²) in [5.41, 5.74) is 9.34. The van der Waals surface area contributed by atoms with Crippen LogP contribution in [0.15, 0.2) is 29.6 Å². The van der Waals surface area contributed by atoms with Crippen molar-refractivity contribution in [3.8, 4) is 11.3 Å². The van der Waals surface area contributed by atoms with E-state index >= 15 is 0 Å². The van der Waals surface area contributed by atoms with Crippen LogP contribution in [0.5, 0.6) is 0 Å². The summed E-state index contributed by atoms with van der Waals surface area (Å²) >= 11 is 1.59. The lowest BCUT2D eigenvalue weighted by Gasteiger charge is -2.07. The van der Waals surface area contributed by atoms with E-state index in [1.807, 2.05) is 4.40 Å². The molecule has 0 saturated carbocycles. The van der Waals surface area contributed by atoms with Crippen molar-refractivity contribution in [2.75, 3.05) is 0 Å². The molecule has 3 rings (SSSR count). The van der Waals surface area contributed by atoms with Crippen molar-refractivity contribution < 1.29 is 0 Å². The zero-order chi connectivity index (χ0) is 13.4. The number of hydrogen-bond donors (Lipinski definition) is 1. The molecule has 2 heterocycles. The molecule has 0 atom stereocenters. The monoisotopic (exact) mass is 272 g/mol. The number of hydrogen-bond acceptors (Lipinski definition) is 4. The summed E-state index contributed by atoms with van der Waals surface area (Å²) in [5.74, 6) is 1.35. The maximum atomic E-state index is 5.71. The van der Waals surface area contributed by atoms with Crippen LogP contribution in [-0.4, -0.2) is 14.6 Å². The van der Waals surface area contributed by atoms with E-state index in [0.29, 0.717) is 12.5 Å². The molecule has 98 valence electrons. The third-order valence-electron chi connectivity index (χ3n) is 3.27. The highest BCUT2D eigenvalue weighted by Gasteiger charge is 2.12. The second kappa shape index (κ2) is 4.75. The topological polar surface area (TPSA) is 56.2 Å². The third-order valence-corrected chi connectivity index (χ3v) is 4.09. The zero-order valence-corrected chi connectivity index (χ0v) is 11.8. The molecule has 1 aromatic carbocycles. The van der Waals surface area contributed by atoms with Gasteiger partial charge >= 0.3 is 0 Å².